The minimum Gasteiger partial charge on any atom is -0.496 e. The molecule has 1 unspecified atom stereocenters. The number of rotatable bonds is 5. The smallest absolute Gasteiger partial charge is 0.496 e. The van der Waals surface area contributed by atoms with Gasteiger partial charge in [-0.3, -0.25) is 4.79 Å². The molecule has 7 nitrogen and oxygen atoms in total. The molecule has 2 aliphatic rings. The molecule has 4 aromatic rings. The van der Waals surface area contributed by atoms with Crippen molar-refractivity contribution in [2.75, 3.05) is 7.11 Å². The van der Waals surface area contributed by atoms with Crippen molar-refractivity contribution in [1.82, 2.24) is 4.72 Å². The van der Waals surface area contributed by atoms with Crippen LogP contribution in [0.2, 0.25) is 0 Å². The molecule has 0 saturated heterocycles. The predicted molar refractivity (Wildman–Crippen MR) is 140 cm³/mol. The fourth-order valence-electron chi connectivity index (χ4n) is 5.49. The third-order valence-corrected chi connectivity index (χ3v) is 8.52. The maximum atomic E-state index is 14.0. The van der Waals surface area contributed by atoms with Crippen molar-refractivity contribution in [3.8, 4) is 28.4 Å². The molecular weight excluding hydrogens is 528 g/mol. The summed E-state index contributed by atoms with van der Waals surface area (Å²) in [5.41, 5.74) is 2.00. The molecule has 0 saturated carbocycles. The summed E-state index contributed by atoms with van der Waals surface area (Å²) in [5.74, 6) is -1.35. The second-order valence-corrected chi connectivity index (χ2v) is 11.1. The van der Waals surface area contributed by atoms with Gasteiger partial charge in [-0.05, 0) is 59.5 Å². The van der Waals surface area contributed by atoms with E-state index in [2.05, 4.69) is 9.46 Å². The Morgan fingerprint density at radius 3 is 2.56 bits per heavy atom. The van der Waals surface area contributed by atoms with Crippen LogP contribution in [0.3, 0.4) is 0 Å². The zero-order valence-corrected chi connectivity index (χ0v) is 21.6. The molecule has 1 heterocycles. The van der Waals surface area contributed by atoms with Crippen LogP contribution in [0.1, 0.15) is 29.9 Å². The van der Waals surface area contributed by atoms with Crippen molar-refractivity contribution < 1.29 is 36.2 Å². The molecule has 1 atom stereocenters. The molecule has 0 radical (unpaired) electrons. The van der Waals surface area contributed by atoms with Gasteiger partial charge in [-0.2, -0.15) is 0 Å². The van der Waals surface area contributed by atoms with E-state index in [0.717, 1.165) is 5.39 Å². The summed E-state index contributed by atoms with van der Waals surface area (Å²) in [6, 6.07) is 19.8. The number of hydrogen-bond acceptors (Lipinski definition) is 6. The van der Waals surface area contributed by atoms with Gasteiger partial charge in [0.1, 0.15) is 5.75 Å². The van der Waals surface area contributed by atoms with Crippen LogP contribution in [0.4, 0.5) is 8.78 Å². The average Bonchev–Trinajstić information content (AvgIpc) is 3.25. The Kier molecular flexibility index (Phi) is 5.95. The van der Waals surface area contributed by atoms with Gasteiger partial charge >= 0.3 is 6.29 Å². The predicted octanol–water partition coefficient (Wildman–Crippen LogP) is 5.76. The van der Waals surface area contributed by atoms with Gasteiger partial charge in [0.15, 0.2) is 11.5 Å². The molecule has 1 aliphatic heterocycles. The topological polar surface area (TPSA) is 90.9 Å². The van der Waals surface area contributed by atoms with E-state index in [4.69, 9.17) is 9.47 Å². The highest BCUT2D eigenvalue weighted by Crippen LogP contribution is 2.51. The van der Waals surface area contributed by atoms with Crippen molar-refractivity contribution in [1.29, 1.82) is 0 Å². The monoisotopic (exact) mass is 551 g/mol. The number of para-hydroxylation sites is 1. The molecule has 1 aliphatic carbocycles. The summed E-state index contributed by atoms with van der Waals surface area (Å²) in [7, 11) is -2.73. The lowest BCUT2D eigenvalue weighted by atomic mass is 9.77. The Morgan fingerprint density at radius 2 is 1.74 bits per heavy atom. The molecule has 1 amide bonds. The van der Waals surface area contributed by atoms with Crippen LogP contribution in [0.15, 0.2) is 77.7 Å². The van der Waals surface area contributed by atoms with Crippen LogP contribution in [0, 0.1) is 0 Å². The minimum atomic E-state index is -4.23. The molecule has 10 heteroatoms. The van der Waals surface area contributed by atoms with E-state index in [1.807, 2.05) is 0 Å². The maximum Gasteiger partial charge on any atom is 0.586 e. The van der Waals surface area contributed by atoms with Gasteiger partial charge in [-0.25, -0.2) is 13.1 Å². The highest BCUT2D eigenvalue weighted by atomic mass is 32.2. The van der Waals surface area contributed by atoms with Gasteiger partial charge in [-0.1, -0.05) is 54.6 Å². The summed E-state index contributed by atoms with van der Waals surface area (Å²) in [5, 5.41) is 1.21. The number of sulfonamides is 1. The number of hydrogen-bond donors (Lipinski definition) is 1. The fraction of sp³-hybridized carbons (Fsp3) is 0.207. The molecule has 0 spiro atoms. The molecular formula is C29H23F2NO6S. The van der Waals surface area contributed by atoms with E-state index in [1.165, 1.54) is 19.2 Å². The Bertz CT molecular complexity index is 1730. The van der Waals surface area contributed by atoms with Crippen molar-refractivity contribution in [2.24, 2.45) is 0 Å². The van der Waals surface area contributed by atoms with Crippen LogP contribution in [-0.2, 0) is 21.2 Å². The van der Waals surface area contributed by atoms with Crippen molar-refractivity contribution in [3.63, 3.8) is 0 Å². The molecule has 6 rings (SSSR count). The van der Waals surface area contributed by atoms with Crippen molar-refractivity contribution in [3.05, 3.63) is 83.9 Å². The highest BCUT2D eigenvalue weighted by Gasteiger charge is 2.45. The first-order valence-electron chi connectivity index (χ1n) is 12.3. The molecule has 0 bridgehead atoms. The van der Waals surface area contributed by atoms with Gasteiger partial charge < -0.3 is 14.2 Å². The quantitative estimate of drug-likeness (QED) is 0.339. The largest absolute Gasteiger partial charge is 0.586 e. The maximum absolute atomic E-state index is 14.0. The summed E-state index contributed by atoms with van der Waals surface area (Å²) < 4.78 is 72.1. The molecule has 4 aromatic carbocycles. The number of fused-ring (bicyclic) bond motifs is 3. The number of methoxy groups -OCH3 is 1. The lowest BCUT2D eigenvalue weighted by Gasteiger charge is -2.29. The Morgan fingerprint density at radius 1 is 0.974 bits per heavy atom. The lowest BCUT2D eigenvalue weighted by Crippen LogP contribution is -2.36. The lowest BCUT2D eigenvalue weighted by molar-refractivity contribution is -0.286. The molecule has 200 valence electrons. The zero-order valence-electron chi connectivity index (χ0n) is 20.7. The number of carbonyl (C=O) groups excluding carboxylic acids is 1. The normalized spacial score (nSPS) is 17.5. The first-order valence-corrected chi connectivity index (χ1v) is 13.8. The number of nitrogens with one attached hydrogen (secondary N) is 1. The standard InChI is InChI=1S/C29H23F2NO6S/c1-36-23-16-15-19(20-10-6-13-24-27(20)38-29(30,31)37-24)26-21(23)11-5-12-22(26)28(33)32-39(34,35)25-14-4-8-17-7-2-3-9-18(17)25/h2-4,6-10,13-16,22H,5,11-12H2,1H3,(H,32,33). The van der Waals surface area contributed by atoms with E-state index >= 15 is 0 Å². The number of halogens is 2. The van der Waals surface area contributed by atoms with Crippen LogP contribution in [0.25, 0.3) is 21.9 Å². The minimum absolute atomic E-state index is 0.00971. The summed E-state index contributed by atoms with van der Waals surface area (Å²) in [6.45, 7) is 0. The van der Waals surface area contributed by atoms with E-state index in [1.54, 1.807) is 60.7 Å². The summed E-state index contributed by atoms with van der Waals surface area (Å²) in [4.78, 5) is 13.7. The van der Waals surface area contributed by atoms with Crippen LogP contribution >= 0.6 is 0 Å². The third kappa shape index (κ3) is 4.34. The second-order valence-electron chi connectivity index (χ2n) is 9.40. The van der Waals surface area contributed by atoms with Gasteiger partial charge in [0, 0.05) is 10.9 Å². The van der Waals surface area contributed by atoms with Crippen LogP contribution in [-0.4, -0.2) is 27.7 Å². The number of carbonyl (C=O) groups is 1. The van der Waals surface area contributed by atoms with E-state index < -0.39 is 28.1 Å². The second kappa shape index (κ2) is 9.23. The Hall–Kier alpha value is -4.18. The highest BCUT2D eigenvalue weighted by molar-refractivity contribution is 7.90. The number of alkyl halides is 2. The number of benzene rings is 4. The van der Waals surface area contributed by atoms with Gasteiger partial charge in [0.25, 0.3) is 10.0 Å². The molecule has 1 N–H and O–H groups in total. The van der Waals surface area contributed by atoms with Crippen molar-refractivity contribution in [2.45, 2.75) is 36.4 Å². The van der Waals surface area contributed by atoms with E-state index in [-0.39, 0.29) is 16.4 Å². The van der Waals surface area contributed by atoms with E-state index in [0.29, 0.717) is 52.7 Å². The first kappa shape index (κ1) is 25.1. The molecule has 0 aromatic heterocycles. The third-order valence-electron chi connectivity index (χ3n) is 7.11. The summed E-state index contributed by atoms with van der Waals surface area (Å²) >= 11 is 0. The Labute approximate surface area is 223 Å². The van der Waals surface area contributed by atoms with Gasteiger partial charge in [0.2, 0.25) is 5.91 Å². The van der Waals surface area contributed by atoms with E-state index in [9.17, 15) is 22.0 Å². The first-order chi connectivity index (χ1) is 18.7. The van der Waals surface area contributed by atoms with Crippen molar-refractivity contribution >= 4 is 26.7 Å². The number of ether oxygens (including phenoxy) is 3. The average molecular weight is 552 g/mol. The SMILES string of the molecule is COc1ccc(-c2cccc3c2OC(F)(F)O3)c2c1CCCC2C(=O)NS(=O)(=O)c1cccc2ccccc12. The molecule has 0 fully saturated rings. The van der Waals surface area contributed by atoms with Crippen LogP contribution in [0.5, 0.6) is 17.2 Å². The zero-order chi connectivity index (χ0) is 27.4. The Balaban J connectivity index is 1.44. The fourth-order valence-corrected chi connectivity index (χ4v) is 6.74. The van der Waals surface area contributed by atoms with Gasteiger partial charge in [-0.15, -0.1) is 8.78 Å². The number of amides is 1. The van der Waals surface area contributed by atoms with Crippen LogP contribution < -0.4 is 18.9 Å². The molecule has 39 heavy (non-hydrogen) atoms. The van der Waals surface area contributed by atoms with Gasteiger partial charge in [0.05, 0.1) is 17.9 Å². The summed E-state index contributed by atoms with van der Waals surface area (Å²) in [6.07, 6.45) is -2.31.